The second kappa shape index (κ2) is 11.0. The highest BCUT2D eigenvalue weighted by atomic mass is 16.4. The van der Waals surface area contributed by atoms with E-state index in [2.05, 4.69) is 0 Å². The first-order valence-electron chi connectivity index (χ1n) is 9.80. The third kappa shape index (κ3) is 7.27. The van der Waals surface area contributed by atoms with Crippen LogP contribution in [0.4, 0.5) is 0 Å². The van der Waals surface area contributed by atoms with Crippen molar-refractivity contribution in [3.63, 3.8) is 0 Å². The normalized spacial score (nSPS) is 23.8. The van der Waals surface area contributed by atoms with Crippen molar-refractivity contribution in [3.8, 4) is 0 Å². The molecule has 5 nitrogen and oxygen atoms in total. The summed E-state index contributed by atoms with van der Waals surface area (Å²) in [6.07, 6.45) is 6.96. The van der Waals surface area contributed by atoms with E-state index in [1.165, 1.54) is 0 Å². The van der Waals surface area contributed by atoms with Crippen LogP contribution < -0.4 is 0 Å². The number of rotatable bonds is 11. The lowest BCUT2D eigenvalue weighted by Gasteiger charge is -2.18. The van der Waals surface area contributed by atoms with E-state index in [-0.39, 0.29) is 30.5 Å². The molecule has 0 radical (unpaired) electrons. The van der Waals surface area contributed by atoms with Gasteiger partial charge in [0.15, 0.2) is 0 Å². The number of carbonyl (C=O) groups is 2. The Labute approximate surface area is 160 Å². The van der Waals surface area contributed by atoms with Crippen molar-refractivity contribution in [1.82, 2.24) is 0 Å². The van der Waals surface area contributed by atoms with Crippen molar-refractivity contribution in [1.29, 1.82) is 0 Å². The predicted octanol–water partition coefficient (Wildman–Crippen LogP) is 3.14. The number of aliphatic carboxylic acids is 1. The zero-order valence-electron chi connectivity index (χ0n) is 15.7. The number of hydrogen-bond donors (Lipinski definition) is 3. The Balaban J connectivity index is 1.81. The molecule has 1 fully saturated rings. The lowest BCUT2D eigenvalue weighted by atomic mass is 9.88. The van der Waals surface area contributed by atoms with Crippen molar-refractivity contribution >= 4 is 11.8 Å². The van der Waals surface area contributed by atoms with E-state index in [4.69, 9.17) is 5.11 Å². The van der Waals surface area contributed by atoms with E-state index in [9.17, 15) is 19.8 Å². The number of ketones is 1. The molecule has 3 N–H and O–H groups in total. The maximum atomic E-state index is 12.2. The molecule has 5 heteroatoms. The molecule has 1 aliphatic rings. The molecule has 2 rings (SSSR count). The predicted molar refractivity (Wildman–Crippen MR) is 103 cm³/mol. The van der Waals surface area contributed by atoms with Gasteiger partial charge in [0.25, 0.3) is 0 Å². The summed E-state index contributed by atoms with van der Waals surface area (Å²) in [5.41, 5.74) is 1.04. The summed E-state index contributed by atoms with van der Waals surface area (Å²) in [6, 6.07) is 9.70. The lowest BCUT2D eigenvalue weighted by molar-refractivity contribution is -0.137. The van der Waals surface area contributed by atoms with E-state index in [0.717, 1.165) is 24.8 Å². The van der Waals surface area contributed by atoms with Gasteiger partial charge in [0, 0.05) is 31.1 Å². The highest BCUT2D eigenvalue weighted by Gasteiger charge is 2.39. The molecule has 0 heterocycles. The monoisotopic (exact) mass is 374 g/mol. The molecule has 1 aromatic carbocycles. The van der Waals surface area contributed by atoms with E-state index in [1.54, 1.807) is 12.2 Å². The van der Waals surface area contributed by atoms with Gasteiger partial charge in [-0.25, -0.2) is 0 Å². The Kier molecular flexibility index (Phi) is 8.69. The minimum Gasteiger partial charge on any atom is -0.481 e. The Bertz CT molecular complexity index is 625. The number of carbonyl (C=O) groups excluding carboxylic acids is 1. The van der Waals surface area contributed by atoms with Crippen LogP contribution in [-0.2, 0) is 16.0 Å². The van der Waals surface area contributed by atoms with Crippen LogP contribution in [0.5, 0.6) is 0 Å². The summed E-state index contributed by atoms with van der Waals surface area (Å²) < 4.78 is 0. The van der Waals surface area contributed by atoms with Crippen LogP contribution in [0.1, 0.15) is 50.5 Å². The molecule has 0 aromatic heterocycles. The zero-order chi connectivity index (χ0) is 19.6. The van der Waals surface area contributed by atoms with Crippen molar-refractivity contribution < 1.29 is 24.9 Å². The van der Waals surface area contributed by atoms with Crippen LogP contribution in [0.25, 0.3) is 0 Å². The molecule has 1 saturated carbocycles. The summed E-state index contributed by atoms with van der Waals surface area (Å²) in [5.74, 6) is -1.15. The fourth-order valence-electron chi connectivity index (χ4n) is 3.77. The van der Waals surface area contributed by atoms with Crippen LogP contribution in [0.3, 0.4) is 0 Å². The second-order valence-electron chi connectivity index (χ2n) is 7.41. The van der Waals surface area contributed by atoms with Crippen LogP contribution in [-0.4, -0.2) is 39.3 Å². The molecule has 0 spiro atoms. The molecule has 0 amide bonds. The standard InChI is InChI=1S/C22H30O5/c23-17(14-16-8-4-3-5-9-16)12-13-19-18(20(24)15-21(19)25)10-6-1-2-7-11-22(26)27/h3-5,8-9,12-13,17-19,21,23,25H,1-2,6-7,10-11,14-15H2,(H,26,27)/b13-12+/t17-,18+,19-,21-/m1/s1. The van der Waals surface area contributed by atoms with Gasteiger partial charge in [-0.3, -0.25) is 9.59 Å². The van der Waals surface area contributed by atoms with Gasteiger partial charge in [-0.2, -0.15) is 0 Å². The van der Waals surface area contributed by atoms with Crippen LogP contribution in [0.2, 0.25) is 0 Å². The summed E-state index contributed by atoms with van der Waals surface area (Å²) >= 11 is 0. The number of benzene rings is 1. The van der Waals surface area contributed by atoms with Gasteiger partial charge in [-0.1, -0.05) is 61.7 Å². The molecule has 0 aliphatic heterocycles. The summed E-state index contributed by atoms with van der Waals surface area (Å²) in [6.45, 7) is 0. The fourth-order valence-corrected chi connectivity index (χ4v) is 3.77. The molecular weight excluding hydrogens is 344 g/mol. The van der Waals surface area contributed by atoms with Crippen LogP contribution in [0.15, 0.2) is 42.5 Å². The summed E-state index contributed by atoms with van der Waals surface area (Å²) in [4.78, 5) is 22.7. The van der Waals surface area contributed by atoms with Crippen molar-refractivity contribution in [2.45, 2.75) is 63.6 Å². The zero-order valence-corrected chi connectivity index (χ0v) is 15.7. The smallest absolute Gasteiger partial charge is 0.303 e. The minimum absolute atomic E-state index is 0.0836. The topological polar surface area (TPSA) is 94.8 Å². The maximum absolute atomic E-state index is 12.2. The highest BCUT2D eigenvalue weighted by molar-refractivity contribution is 5.84. The first kappa shape index (κ1) is 21.3. The van der Waals surface area contributed by atoms with Gasteiger partial charge >= 0.3 is 5.97 Å². The van der Waals surface area contributed by atoms with Gasteiger partial charge in [0.2, 0.25) is 0 Å². The molecule has 148 valence electrons. The Hall–Kier alpha value is -1.98. The maximum Gasteiger partial charge on any atom is 0.303 e. The number of aliphatic hydroxyl groups is 2. The van der Waals surface area contributed by atoms with Crippen molar-refractivity contribution in [2.75, 3.05) is 0 Å². The highest BCUT2D eigenvalue weighted by Crippen LogP contribution is 2.34. The Morgan fingerprint density at radius 2 is 1.85 bits per heavy atom. The Morgan fingerprint density at radius 3 is 2.56 bits per heavy atom. The van der Waals surface area contributed by atoms with E-state index < -0.39 is 18.2 Å². The van der Waals surface area contributed by atoms with Gasteiger partial charge in [0.05, 0.1) is 12.2 Å². The summed E-state index contributed by atoms with van der Waals surface area (Å²) in [7, 11) is 0. The largest absolute Gasteiger partial charge is 0.481 e. The molecule has 1 aliphatic carbocycles. The molecule has 4 atom stereocenters. The van der Waals surface area contributed by atoms with Gasteiger partial charge < -0.3 is 15.3 Å². The Morgan fingerprint density at radius 1 is 1.15 bits per heavy atom. The molecule has 0 saturated heterocycles. The quantitative estimate of drug-likeness (QED) is 0.409. The van der Waals surface area contributed by atoms with Crippen LogP contribution in [0, 0.1) is 11.8 Å². The van der Waals surface area contributed by atoms with Crippen molar-refractivity contribution in [2.24, 2.45) is 11.8 Å². The number of Topliss-reactive ketones (excluding diaryl/α,β-unsaturated/α-hetero) is 1. The van der Waals surface area contributed by atoms with Crippen molar-refractivity contribution in [3.05, 3.63) is 48.0 Å². The first-order chi connectivity index (χ1) is 13.0. The molecule has 0 unspecified atom stereocenters. The molecular formula is C22H30O5. The van der Waals surface area contributed by atoms with Crippen LogP contribution >= 0.6 is 0 Å². The van der Waals surface area contributed by atoms with E-state index in [0.29, 0.717) is 19.3 Å². The SMILES string of the molecule is O=C(O)CCCCCC[C@@H]1C(=O)C[C@@H](O)[C@@H]1/C=C/[C@@H](O)Cc1ccccc1. The second-order valence-corrected chi connectivity index (χ2v) is 7.41. The number of hydrogen-bond acceptors (Lipinski definition) is 4. The number of unbranched alkanes of at least 4 members (excludes halogenated alkanes) is 3. The number of aliphatic hydroxyl groups excluding tert-OH is 2. The third-order valence-electron chi connectivity index (χ3n) is 5.23. The number of carboxylic acids is 1. The minimum atomic E-state index is -0.775. The average Bonchev–Trinajstić information content (AvgIpc) is 2.89. The average molecular weight is 374 g/mol. The fraction of sp³-hybridized carbons (Fsp3) is 0.545. The van der Waals surface area contributed by atoms with Gasteiger partial charge in [-0.05, 0) is 18.4 Å². The third-order valence-corrected chi connectivity index (χ3v) is 5.23. The molecule has 1 aromatic rings. The van der Waals surface area contributed by atoms with E-state index >= 15 is 0 Å². The number of carboxylic acid groups (broad SMARTS) is 1. The summed E-state index contributed by atoms with van der Waals surface area (Å²) in [5, 5.41) is 29.1. The van der Waals surface area contributed by atoms with Gasteiger partial charge in [-0.15, -0.1) is 0 Å². The molecule has 0 bridgehead atoms. The molecule has 27 heavy (non-hydrogen) atoms. The van der Waals surface area contributed by atoms with E-state index in [1.807, 2.05) is 30.3 Å². The van der Waals surface area contributed by atoms with Gasteiger partial charge in [0.1, 0.15) is 5.78 Å². The first-order valence-corrected chi connectivity index (χ1v) is 9.80. The lowest BCUT2D eigenvalue weighted by Crippen LogP contribution is -2.19.